The number of aromatic nitrogens is 2. The lowest BCUT2D eigenvalue weighted by atomic mass is 10.0. The van der Waals surface area contributed by atoms with E-state index in [9.17, 15) is 27.9 Å². The van der Waals surface area contributed by atoms with Crippen molar-refractivity contribution in [2.75, 3.05) is 18.1 Å². The Hall–Kier alpha value is -6.40. The molecule has 0 spiro atoms. The van der Waals surface area contributed by atoms with E-state index in [4.69, 9.17) is 4.52 Å². The molecule has 0 aliphatic heterocycles. The van der Waals surface area contributed by atoms with Crippen molar-refractivity contribution in [3.8, 4) is 34.0 Å². The molecule has 11 nitrogen and oxygen atoms in total. The Morgan fingerprint density at radius 2 is 1.29 bits per heavy atom. The highest BCUT2D eigenvalue weighted by atomic mass is 32.2. The zero-order valence-corrected chi connectivity index (χ0v) is 29.1. The standard InChI is InChI=1S/C40H34N4O7S/c1-26-3-9-29(10-4-26)30-13-15-32(16-14-30)39-42-38(43-51-39)31-11-5-28(6-12-31)24-44(25-37(46)47)40(48)33-17-19-34(20-18-33)41-36(45)23-27-7-21-35(22-8-27)52(2,49)50/h3-22H,23-25H2,1-2H3,(H,41,45)(H,46,47). The molecule has 0 saturated carbocycles. The zero-order chi connectivity index (χ0) is 36.8. The SMILES string of the molecule is Cc1ccc(-c2ccc(-c3nc(-c4ccc(CN(CC(=O)O)C(=O)c5ccc(NC(=O)Cc6ccc(S(C)(=O)=O)cc6)cc5)cc4)no3)cc2)cc1. The number of nitrogens with zero attached hydrogens (tertiary/aromatic N) is 3. The average Bonchev–Trinajstić information content (AvgIpc) is 3.62. The van der Waals surface area contributed by atoms with E-state index < -0.39 is 28.3 Å². The molecule has 262 valence electrons. The van der Waals surface area contributed by atoms with Gasteiger partial charge in [-0.1, -0.05) is 83.5 Å². The monoisotopic (exact) mass is 714 g/mol. The fourth-order valence-electron chi connectivity index (χ4n) is 5.48. The van der Waals surface area contributed by atoms with Crippen molar-refractivity contribution in [3.63, 3.8) is 0 Å². The van der Waals surface area contributed by atoms with Crippen LogP contribution in [0.15, 0.2) is 131 Å². The first-order valence-corrected chi connectivity index (χ1v) is 18.1. The number of benzene rings is 5. The Morgan fingerprint density at radius 3 is 1.88 bits per heavy atom. The third-order valence-electron chi connectivity index (χ3n) is 8.27. The maximum absolute atomic E-state index is 13.4. The Bertz CT molecular complexity index is 2320. The second-order valence-corrected chi connectivity index (χ2v) is 14.4. The molecule has 6 rings (SSSR count). The van der Waals surface area contributed by atoms with Gasteiger partial charge in [0.2, 0.25) is 11.7 Å². The number of carboxylic acids is 1. The van der Waals surface area contributed by atoms with Crippen LogP contribution in [-0.2, 0) is 32.4 Å². The molecule has 0 atom stereocenters. The summed E-state index contributed by atoms with van der Waals surface area (Å²) < 4.78 is 28.9. The van der Waals surface area contributed by atoms with Crippen molar-refractivity contribution in [2.45, 2.75) is 24.8 Å². The van der Waals surface area contributed by atoms with Crippen LogP contribution in [0.2, 0.25) is 0 Å². The molecule has 0 fully saturated rings. The summed E-state index contributed by atoms with van der Waals surface area (Å²) in [5.41, 5.74) is 6.88. The maximum atomic E-state index is 13.4. The van der Waals surface area contributed by atoms with Gasteiger partial charge in [-0.15, -0.1) is 0 Å². The number of sulfone groups is 1. The summed E-state index contributed by atoms with van der Waals surface area (Å²) in [6.07, 6.45) is 1.13. The largest absolute Gasteiger partial charge is 0.480 e. The van der Waals surface area contributed by atoms with E-state index >= 15 is 0 Å². The molecular weight excluding hydrogens is 681 g/mol. The smallest absolute Gasteiger partial charge is 0.323 e. The molecule has 6 aromatic rings. The Morgan fingerprint density at radius 1 is 0.731 bits per heavy atom. The molecule has 1 heterocycles. The normalized spacial score (nSPS) is 11.2. The fourth-order valence-corrected chi connectivity index (χ4v) is 6.11. The van der Waals surface area contributed by atoms with Gasteiger partial charge < -0.3 is 19.8 Å². The highest BCUT2D eigenvalue weighted by molar-refractivity contribution is 7.90. The summed E-state index contributed by atoms with van der Waals surface area (Å²) in [6, 6.07) is 35.5. The minimum Gasteiger partial charge on any atom is -0.480 e. The van der Waals surface area contributed by atoms with Crippen molar-refractivity contribution in [2.24, 2.45) is 0 Å². The summed E-state index contributed by atoms with van der Waals surface area (Å²) in [5.74, 6) is -1.22. The molecule has 0 radical (unpaired) electrons. The van der Waals surface area contributed by atoms with Gasteiger partial charge in [0.1, 0.15) is 6.54 Å². The van der Waals surface area contributed by atoms with Crippen LogP contribution in [0.4, 0.5) is 5.69 Å². The number of carbonyl (C=O) groups is 3. The van der Waals surface area contributed by atoms with Crippen molar-refractivity contribution >= 4 is 33.3 Å². The highest BCUT2D eigenvalue weighted by Crippen LogP contribution is 2.27. The number of rotatable bonds is 12. The van der Waals surface area contributed by atoms with Crippen molar-refractivity contribution in [3.05, 3.63) is 144 Å². The van der Waals surface area contributed by atoms with Gasteiger partial charge in [0.15, 0.2) is 9.84 Å². The minimum atomic E-state index is -3.34. The Balaban J connectivity index is 1.07. The number of hydrogen-bond acceptors (Lipinski definition) is 8. The second-order valence-electron chi connectivity index (χ2n) is 12.3. The fraction of sp³-hybridized carbons (Fsp3) is 0.125. The average molecular weight is 715 g/mol. The summed E-state index contributed by atoms with van der Waals surface area (Å²) >= 11 is 0. The lowest BCUT2D eigenvalue weighted by molar-refractivity contribution is -0.137. The topological polar surface area (TPSA) is 160 Å². The molecular formula is C40H34N4O7S. The van der Waals surface area contributed by atoms with Crippen molar-refractivity contribution < 1.29 is 32.4 Å². The van der Waals surface area contributed by atoms with Crippen molar-refractivity contribution in [1.29, 1.82) is 0 Å². The van der Waals surface area contributed by atoms with Crippen LogP contribution < -0.4 is 5.32 Å². The Kier molecular flexibility index (Phi) is 10.4. The van der Waals surface area contributed by atoms with Gasteiger partial charge >= 0.3 is 5.97 Å². The van der Waals surface area contributed by atoms with E-state index in [0.29, 0.717) is 34.1 Å². The van der Waals surface area contributed by atoms with Gasteiger partial charge in [0.25, 0.3) is 11.8 Å². The van der Waals surface area contributed by atoms with Gasteiger partial charge in [0.05, 0.1) is 11.3 Å². The van der Waals surface area contributed by atoms with E-state index in [0.717, 1.165) is 22.9 Å². The lowest BCUT2D eigenvalue weighted by Gasteiger charge is -2.21. The van der Waals surface area contributed by atoms with E-state index in [1.807, 2.05) is 31.2 Å². The molecule has 0 aliphatic carbocycles. The number of carboxylic acid groups (broad SMARTS) is 1. The number of hydrogen-bond donors (Lipinski definition) is 2. The molecule has 5 aromatic carbocycles. The highest BCUT2D eigenvalue weighted by Gasteiger charge is 2.20. The summed E-state index contributed by atoms with van der Waals surface area (Å²) in [6.45, 7) is 1.56. The number of nitrogens with one attached hydrogen (secondary N) is 1. The van der Waals surface area contributed by atoms with Crippen LogP contribution in [0.3, 0.4) is 0 Å². The Labute approximate surface area is 300 Å². The second kappa shape index (κ2) is 15.2. The molecule has 2 amide bonds. The molecule has 0 aliphatic rings. The third kappa shape index (κ3) is 8.84. The summed E-state index contributed by atoms with van der Waals surface area (Å²) in [7, 11) is -3.34. The van der Waals surface area contributed by atoms with Crippen molar-refractivity contribution in [1.82, 2.24) is 15.0 Å². The molecule has 1 aromatic heterocycles. The molecule has 0 bridgehead atoms. The first-order valence-electron chi connectivity index (χ1n) is 16.2. The third-order valence-corrected chi connectivity index (χ3v) is 9.40. The molecule has 12 heteroatoms. The zero-order valence-electron chi connectivity index (χ0n) is 28.3. The van der Waals surface area contributed by atoms with Gasteiger partial charge in [0, 0.05) is 35.2 Å². The van der Waals surface area contributed by atoms with E-state index in [2.05, 4.69) is 39.7 Å². The first-order chi connectivity index (χ1) is 24.9. The molecule has 0 unspecified atom stereocenters. The predicted octanol–water partition coefficient (Wildman–Crippen LogP) is 6.69. The van der Waals surface area contributed by atoms with Crippen LogP contribution in [-0.4, -0.2) is 59.1 Å². The summed E-state index contributed by atoms with van der Waals surface area (Å²) in [4.78, 5) is 43.6. The molecule has 52 heavy (non-hydrogen) atoms. The number of anilines is 1. The van der Waals surface area contributed by atoms with Crippen LogP contribution in [0, 0.1) is 6.92 Å². The van der Waals surface area contributed by atoms with Gasteiger partial charge in [-0.25, -0.2) is 8.42 Å². The van der Waals surface area contributed by atoms with Gasteiger partial charge in [-0.05, 0) is 77.7 Å². The predicted molar refractivity (Wildman–Crippen MR) is 196 cm³/mol. The first kappa shape index (κ1) is 35.4. The molecule has 0 saturated heterocycles. The van der Waals surface area contributed by atoms with E-state index in [1.165, 1.54) is 34.7 Å². The molecule has 2 N–H and O–H groups in total. The van der Waals surface area contributed by atoms with Crippen LogP contribution >= 0.6 is 0 Å². The quantitative estimate of drug-likeness (QED) is 0.141. The lowest BCUT2D eigenvalue weighted by Crippen LogP contribution is -2.35. The number of amides is 2. The van der Waals surface area contributed by atoms with Gasteiger partial charge in [-0.3, -0.25) is 14.4 Å². The van der Waals surface area contributed by atoms with E-state index in [-0.39, 0.29) is 29.3 Å². The number of aliphatic carboxylic acids is 1. The maximum Gasteiger partial charge on any atom is 0.323 e. The minimum absolute atomic E-state index is 0.0204. The van der Waals surface area contributed by atoms with Crippen LogP contribution in [0.25, 0.3) is 34.0 Å². The van der Waals surface area contributed by atoms with E-state index in [1.54, 1.807) is 48.5 Å². The number of aryl methyl sites for hydroxylation is 1. The number of carbonyl (C=O) groups excluding carboxylic acids is 2. The van der Waals surface area contributed by atoms with Crippen LogP contribution in [0.1, 0.15) is 27.0 Å². The summed E-state index contributed by atoms with van der Waals surface area (Å²) in [5, 5.41) is 16.4. The van der Waals surface area contributed by atoms with Gasteiger partial charge in [-0.2, -0.15) is 4.98 Å². The van der Waals surface area contributed by atoms with Crippen LogP contribution in [0.5, 0.6) is 0 Å².